The third kappa shape index (κ3) is 5.43. The van der Waals surface area contributed by atoms with Gasteiger partial charge in [0.25, 0.3) is 5.91 Å². The third-order valence-corrected chi connectivity index (χ3v) is 7.88. The molecule has 1 N–H and O–H groups in total. The van der Waals surface area contributed by atoms with Crippen molar-refractivity contribution in [3.05, 3.63) is 65.1 Å². The van der Waals surface area contributed by atoms with Gasteiger partial charge < -0.3 is 9.80 Å². The summed E-state index contributed by atoms with van der Waals surface area (Å²) >= 11 is 1.36. The standard InChI is InChI=1S/C25H27N5O4S2/c1-36(33,34)27-20-7-5-18(6-8-20)19-3-2-4-21(15-19)30-17-22(16-23(30)31)28-10-12-29(13-11-28)25(32)24-26-9-14-35-24/h2-9,14-15,22,27H,10-13,16-17H2,1H3. The van der Waals surface area contributed by atoms with Crippen molar-refractivity contribution in [3.8, 4) is 11.1 Å². The summed E-state index contributed by atoms with van der Waals surface area (Å²) in [4.78, 5) is 35.6. The van der Waals surface area contributed by atoms with Gasteiger partial charge in [0.1, 0.15) is 0 Å². The monoisotopic (exact) mass is 525 g/mol. The van der Waals surface area contributed by atoms with E-state index in [1.807, 2.05) is 51.6 Å². The predicted molar refractivity (Wildman–Crippen MR) is 141 cm³/mol. The molecule has 9 nitrogen and oxygen atoms in total. The molecule has 2 saturated heterocycles. The average molecular weight is 526 g/mol. The lowest BCUT2D eigenvalue weighted by Crippen LogP contribution is -2.52. The minimum Gasteiger partial charge on any atom is -0.334 e. The number of thiazole rings is 1. The molecule has 0 radical (unpaired) electrons. The van der Waals surface area contributed by atoms with E-state index in [0.29, 0.717) is 36.8 Å². The van der Waals surface area contributed by atoms with E-state index in [1.54, 1.807) is 18.3 Å². The van der Waals surface area contributed by atoms with Crippen LogP contribution in [0.15, 0.2) is 60.1 Å². The van der Waals surface area contributed by atoms with Crippen LogP contribution in [0.3, 0.4) is 0 Å². The molecule has 0 bridgehead atoms. The number of nitrogens with one attached hydrogen (secondary N) is 1. The van der Waals surface area contributed by atoms with Crippen molar-refractivity contribution in [2.75, 3.05) is 48.6 Å². The number of hydrogen-bond donors (Lipinski definition) is 1. The lowest BCUT2D eigenvalue weighted by atomic mass is 10.0. The van der Waals surface area contributed by atoms with E-state index in [2.05, 4.69) is 14.6 Å². The first-order valence-electron chi connectivity index (χ1n) is 11.7. The Morgan fingerprint density at radius 2 is 1.81 bits per heavy atom. The topological polar surface area (TPSA) is 103 Å². The van der Waals surface area contributed by atoms with E-state index >= 15 is 0 Å². The zero-order chi connectivity index (χ0) is 25.3. The fraction of sp³-hybridized carbons (Fsp3) is 0.320. The highest BCUT2D eigenvalue weighted by molar-refractivity contribution is 7.92. The Bertz CT molecular complexity index is 1350. The molecule has 1 unspecified atom stereocenters. The summed E-state index contributed by atoms with van der Waals surface area (Å²) in [5.74, 6) is 0.0665. The van der Waals surface area contributed by atoms with Crippen LogP contribution in [0, 0.1) is 0 Å². The summed E-state index contributed by atoms with van der Waals surface area (Å²) < 4.78 is 25.3. The van der Waals surface area contributed by atoms with Crippen LogP contribution in [-0.2, 0) is 14.8 Å². The Kier molecular flexibility index (Phi) is 6.78. The maximum absolute atomic E-state index is 12.9. The number of anilines is 2. The maximum atomic E-state index is 12.9. The van der Waals surface area contributed by atoms with Crippen molar-refractivity contribution in [2.45, 2.75) is 12.5 Å². The molecule has 2 fully saturated rings. The Balaban J connectivity index is 1.23. The molecule has 36 heavy (non-hydrogen) atoms. The van der Waals surface area contributed by atoms with Crippen LogP contribution < -0.4 is 9.62 Å². The zero-order valence-corrected chi connectivity index (χ0v) is 21.5. The van der Waals surface area contributed by atoms with E-state index in [4.69, 9.17) is 0 Å². The van der Waals surface area contributed by atoms with Gasteiger partial charge in [-0.05, 0) is 35.4 Å². The van der Waals surface area contributed by atoms with Crippen molar-refractivity contribution in [1.29, 1.82) is 0 Å². The highest BCUT2D eigenvalue weighted by Gasteiger charge is 2.36. The molecule has 0 spiro atoms. The van der Waals surface area contributed by atoms with Crippen LogP contribution in [0.1, 0.15) is 16.2 Å². The van der Waals surface area contributed by atoms with Crippen molar-refractivity contribution >= 4 is 44.5 Å². The molecular formula is C25H27N5O4S2. The average Bonchev–Trinajstić information content (AvgIpc) is 3.54. The summed E-state index contributed by atoms with van der Waals surface area (Å²) in [5.41, 5.74) is 3.23. The van der Waals surface area contributed by atoms with Gasteiger partial charge >= 0.3 is 0 Å². The third-order valence-electron chi connectivity index (χ3n) is 6.52. The number of carbonyl (C=O) groups is 2. The number of benzene rings is 2. The van der Waals surface area contributed by atoms with Gasteiger partial charge in [-0.15, -0.1) is 11.3 Å². The minimum absolute atomic E-state index is 0.0225. The number of carbonyl (C=O) groups excluding carboxylic acids is 2. The molecule has 1 atom stereocenters. The first-order valence-corrected chi connectivity index (χ1v) is 14.5. The number of hydrogen-bond acceptors (Lipinski definition) is 7. The van der Waals surface area contributed by atoms with Gasteiger partial charge in [-0.3, -0.25) is 19.2 Å². The van der Waals surface area contributed by atoms with Crippen LogP contribution in [0.5, 0.6) is 0 Å². The van der Waals surface area contributed by atoms with Crippen LogP contribution in [0.25, 0.3) is 11.1 Å². The smallest absolute Gasteiger partial charge is 0.282 e. The largest absolute Gasteiger partial charge is 0.334 e. The van der Waals surface area contributed by atoms with E-state index in [1.165, 1.54) is 11.3 Å². The molecule has 0 aliphatic carbocycles. The lowest BCUT2D eigenvalue weighted by Gasteiger charge is -2.37. The van der Waals surface area contributed by atoms with Gasteiger partial charge in [-0.25, -0.2) is 13.4 Å². The summed E-state index contributed by atoms with van der Waals surface area (Å²) in [6.07, 6.45) is 3.22. The van der Waals surface area contributed by atoms with Gasteiger partial charge in [0.05, 0.1) is 6.26 Å². The number of sulfonamides is 1. The summed E-state index contributed by atoms with van der Waals surface area (Å²) in [7, 11) is -3.33. The summed E-state index contributed by atoms with van der Waals surface area (Å²) in [6.45, 7) is 3.33. The van der Waals surface area contributed by atoms with E-state index < -0.39 is 10.0 Å². The fourth-order valence-electron chi connectivity index (χ4n) is 4.74. The predicted octanol–water partition coefficient (Wildman–Crippen LogP) is 2.74. The Morgan fingerprint density at radius 3 is 2.47 bits per heavy atom. The quantitative estimate of drug-likeness (QED) is 0.531. The van der Waals surface area contributed by atoms with Crippen LogP contribution >= 0.6 is 11.3 Å². The van der Waals surface area contributed by atoms with Crippen LogP contribution in [-0.4, -0.2) is 80.0 Å². The second-order valence-corrected chi connectivity index (χ2v) is 11.7. The lowest BCUT2D eigenvalue weighted by molar-refractivity contribution is -0.117. The summed E-state index contributed by atoms with van der Waals surface area (Å²) in [5, 5.41) is 2.33. The van der Waals surface area contributed by atoms with Gasteiger partial charge in [-0.1, -0.05) is 24.3 Å². The molecule has 3 heterocycles. The molecule has 3 aromatic rings. The Labute approximate surface area is 214 Å². The SMILES string of the molecule is CS(=O)(=O)Nc1ccc(-c2cccc(N3CC(N4CCN(C(=O)c5nccs5)CC4)CC3=O)c2)cc1. The first kappa shape index (κ1) is 24.4. The van der Waals surface area contributed by atoms with Gasteiger partial charge in [-0.2, -0.15) is 0 Å². The fourth-order valence-corrected chi connectivity index (χ4v) is 5.90. The maximum Gasteiger partial charge on any atom is 0.282 e. The highest BCUT2D eigenvalue weighted by Crippen LogP contribution is 2.30. The van der Waals surface area contributed by atoms with E-state index in [0.717, 1.165) is 36.2 Å². The Hall–Kier alpha value is -3.28. The van der Waals surface area contributed by atoms with Crippen molar-refractivity contribution < 1.29 is 18.0 Å². The molecule has 188 valence electrons. The summed E-state index contributed by atoms with van der Waals surface area (Å²) in [6, 6.07) is 15.1. The number of nitrogens with zero attached hydrogens (tertiary/aromatic N) is 4. The zero-order valence-electron chi connectivity index (χ0n) is 19.8. The molecular weight excluding hydrogens is 498 g/mol. The molecule has 2 aliphatic heterocycles. The van der Waals surface area contributed by atoms with Gasteiger partial charge in [0.2, 0.25) is 15.9 Å². The molecule has 1 aromatic heterocycles. The molecule has 2 aliphatic rings. The molecule has 0 saturated carbocycles. The second kappa shape index (κ2) is 10.00. The normalized spacial score (nSPS) is 19.0. The van der Waals surface area contributed by atoms with Crippen molar-refractivity contribution in [2.24, 2.45) is 0 Å². The van der Waals surface area contributed by atoms with E-state index in [-0.39, 0.29) is 17.9 Å². The molecule has 5 rings (SSSR count). The number of piperazine rings is 1. The van der Waals surface area contributed by atoms with Crippen LogP contribution in [0.2, 0.25) is 0 Å². The Morgan fingerprint density at radius 1 is 1.06 bits per heavy atom. The van der Waals surface area contributed by atoms with Crippen molar-refractivity contribution in [1.82, 2.24) is 14.8 Å². The molecule has 2 amide bonds. The highest BCUT2D eigenvalue weighted by atomic mass is 32.2. The van der Waals surface area contributed by atoms with Crippen molar-refractivity contribution in [3.63, 3.8) is 0 Å². The first-order chi connectivity index (χ1) is 17.3. The number of rotatable bonds is 6. The number of amides is 2. The van der Waals surface area contributed by atoms with Gasteiger partial charge in [0, 0.05) is 68.1 Å². The van der Waals surface area contributed by atoms with Crippen LogP contribution in [0.4, 0.5) is 11.4 Å². The van der Waals surface area contributed by atoms with E-state index in [9.17, 15) is 18.0 Å². The number of aromatic nitrogens is 1. The second-order valence-electron chi connectivity index (χ2n) is 9.03. The molecule has 2 aromatic carbocycles. The van der Waals surface area contributed by atoms with Gasteiger partial charge in [0.15, 0.2) is 5.01 Å². The minimum atomic E-state index is -3.33. The molecule has 11 heteroatoms.